The van der Waals surface area contributed by atoms with Crippen LogP contribution in [0.4, 0.5) is 0 Å². The monoisotopic (exact) mass is 310 g/mol. The van der Waals surface area contributed by atoms with Crippen LogP contribution in [0.2, 0.25) is 0 Å². The Morgan fingerprint density at radius 2 is 2.05 bits per heavy atom. The fourth-order valence-corrected chi connectivity index (χ4v) is 3.39. The molecule has 0 fully saturated rings. The molecule has 118 valence electrons. The largest absolute Gasteiger partial charge is 0.480 e. The third-order valence-electron chi connectivity index (χ3n) is 3.68. The van der Waals surface area contributed by atoms with E-state index in [1.165, 1.54) is 0 Å². The van der Waals surface area contributed by atoms with E-state index in [0.717, 1.165) is 36.2 Å². The molecule has 0 radical (unpaired) electrons. The van der Waals surface area contributed by atoms with Gasteiger partial charge in [0.2, 0.25) is 5.88 Å². The van der Waals surface area contributed by atoms with E-state index >= 15 is 0 Å². The topological polar surface area (TPSA) is 41.8 Å². The number of hydrogen-bond acceptors (Lipinski definition) is 5. The molecule has 0 spiro atoms. The maximum absolute atomic E-state index is 5.37. The predicted molar refractivity (Wildman–Crippen MR) is 88.3 cm³/mol. The number of nitrogens with zero attached hydrogens (tertiary/aromatic N) is 3. The molecule has 1 N–H and O–H groups in total. The van der Waals surface area contributed by atoms with Crippen molar-refractivity contribution in [1.82, 2.24) is 19.6 Å². The SMILES string of the molecule is COc1nc2sccn2c1CNCCN(C(C)C)C(C)C. The molecule has 0 aliphatic heterocycles. The van der Waals surface area contributed by atoms with Crippen LogP contribution in [0.1, 0.15) is 33.4 Å². The maximum Gasteiger partial charge on any atom is 0.237 e. The average Bonchev–Trinajstić information content (AvgIpc) is 2.98. The first-order valence-corrected chi connectivity index (χ1v) is 8.37. The van der Waals surface area contributed by atoms with Crippen LogP contribution >= 0.6 is 11.3 Å². The molecule has 0 aliphatic rings. The second-order valence-corrected chi connectivity index (χ2v) is 6.60. The molecule has 0 amide bonds. The minimum Gasteiger partial charge on any atom is -0.480 e. The molecule has 2 rings (SSSR count). The maximum atomic E-state index is 5.37. The molecular formula is C15H26N4OS. The molecular weight excluding hydrogens is 284 g/mol. The number of methoxy groups -OCH3 is 1. The summed E-state index contributed by atoms with van der Waals surface area (Å²) in [5.74, 6) is 0.721. The summed E-state index contributed by atoms with van der Waals surface area (Å²) in [5.41, 5.74) is 1.09. The predicted octanol–water partition coefficient (Wildman–Crippen LogP) is 2.61. The van der Waals surface area contributed by atoms with Crippen molar-refractivity contribution in [2.24, 2.45) is 0 Å². The molecule has 0 atom stereocenters. The molecule has 2 aromatic rings. The molecule has 2 heterocycles. The van der Waals surface area contributed by atoms with E-state index in [0.29, 0.717) is 12.1 Å². The summed E-state index contributed by atoms with van der Waals surface area (Å²) in [6.45, 7) is 11.7. The molecule has 6 heteroatoms. The zero-order valence-corrected chi connectivity index (χ0v) is 14.4. The smallest absolute Gasteiger partial charge is 0.237 e. The Morgan fingerprint density at radius 3 is 2.67 bits per heavy atom. The quantitative estimate of drug-likeness (QED) is 0.761. The number of fused-ring (bicyclic) bond motifs is 1. The lowest BCUT2D eigenvalue weighted by atomic mass is 10.2. The van der Waals surface area contributed by atoms with E-state index in [1.807, 2.05) is 11.6 Å². The molecule has 5 nitrogen and oxygen atoms in total. The molecule has 0 aromatic carbocycles. The van der Waals surface area contributed by atoms with E-state index in [1.54, 1.807) is 18.4 Å². The van der Waals surface area contributed by atoms with Crippen LogP contribution in [0.15, 0.2) is 11.6 Å². The Bertz CT molecular complexity index is 553. The summed E-state index contributed by atoms with van der Waals surface area (Å²) in [6, 6.07) is 1.14. The summed E-state index contributed by atoms with van der Waals surface area (Å²) in [4.78, 5) is 7.94. The van der Waals surface area contributed by atoms with Gasteiger partial charge in [0, 0.05) is 43.3 Å². The van der Waals surface area contributed by atoms with Crippen LogP contribution in [-0.4, -0.2) is 46.6 Å². The number of thiazole rings is 1. The summed E-state index contributed by atoms with van der Waals surface area (Å²) >= 11 is 1.63. The van der Waals surface area contributed by atoms with Gasteiger partial charge in [0.1, 0.15) is 5.69 Å². The van der Waals surface area contributed by atoms with E-state index in [4.69, 9.17) is 4.74 Å². The van der Waals surface area contributed by atoms with Crippen LogP contribution < -0.4 is 10.1 Å². The Hall–Kier alpha value is -1.11. The van der Waals surface area contributed by atoms with Crippen molar-refractivity contribution in [3.63, 3.8) is 0 Å². The zero-order chi connectivity index (χ0) is 15.4. The van der Waals surface area contributed by atoms with Crippen LogP contribution in [0, 0.1) is 0 Å². The highest BCUT2D eigenvalue weighted by Gasteiger charge is 2.15. The second-order valence-electron chi connectivity index (χ2n) is 5.73. The first-order chi connectivity index (χ1) is 10.0. The zero-order valence-electron chi connectivity index (χ0n) is 13.6. The number of rotatable bonds is 8. The first kappa shape index (κ1) is 16.3. The van der Waals surface area contributed by atoms with Gasteiger partial charge in [0.25, 0.3) is 0 Å². The fourth-order valence-electron chi connectivity index (χ4n) is 2.66. The van der Waals surface area contributed by atoms with Crippen molar-refractivity contribution in [2.75, 3.05) is 20.2 Å². The van der Waals surface area contributed by atoms with E-state index < -0.39 is 0 Å². The van der Waals surface area contributed by atoms with Crippen LogP contribution in [0.3, 0.4) is 0 Å². The molecule has 0 saturated carbocycles. The third kappa shape index (κ3) is 3.75. The molecule has 0 unspecified atom stereocenters. The highest BCUT2D eigenvalue weighted by molar-refractivity contribution is 7.15. The van der Waals surface area contributed by atoms with Crippen molar-refractivity contribution in [3.8, 4) is 5.88 Å². The highest BCUT2D eigenvalue weighted by Crippen LogP contribution is 2.22. The van der Waals surface area contributed by atoms with Crippen molar-refractivity contribution in [2.45, 2.75) is 46.3 Å². The third-order valence-corrected chi connectivity index (χ3v) is 4.44. The summed E-state index contributed by atoms with van der Waals surface area (Å²) in [6.07, 6.45) is 2.04. The molecule has 0 bridgehead atoms. The minimum atomic E-state index is 0.569. The van der Waals surface area contributed by atoms with E-state index in [9.17, 15) is 0 Å². The van der Waals surface area contributed by atoms with Gasteiger partial charge in [-0.1, -0.05) is 0 Å². The van der Waals surface area contributed by atoms with Gasteiger partial charge in [-0.15, -0.1) is 11.3 Å². The van der Waals surface area contributed by atoms with E-state index in [2.05, 4.69) is 47.3 Å². The van der Waals surface area contributed by atoms with Crippen LogP contribution in [-0.2, 0) is 6.54 Å². The Morgan fingerprint density at radius 1 is 1.33 bits per heavy atom. The number of hydrogen-bond donors (Lipinski definition) is 1. The number of ether oxygens (including phenoxy) is 1. The summed E-state index contributed by atoms with van der Waals surface area (Å²) < 4.78 is 7.46. The van der Waals surface area contributed by atoms with Gasteiger partial charge in [-0.05, 0) is 27.7 Å². The number of nitrogens with one attached hydrogen (secondary N) is 1. The lowest BCUT2D eigenvalue weighted by Crippen LogP contribution is -2.41. The van der Waals surface area contributed by atoms with Crippen LogP contribution in [0.25, 0.3) is 4.96 Å². The second kappa shape index (κ2) is 7.24. The van der Waals surface area contributed by atoms with Crippen molar-refractivity contribution in [3.05, 3.63) is 17.3 Å². The molecule has 0 saturated heterocycles. The number of imidazole rings is 1. The van der Waals surface area contributed by atoms with Gasteiger partial charge in [-0.2, -0.15) is 4.98 Å². The highest BCUT2D eigenvalue weighted by atomic mass is 32.1. The lowest BCUT2D eigenvalue weighted by Gasteiger charge is -2.30. The standard InChI is InChI=1S/C15H26N4OS/c1-11(2)18(12(3)4)7-6-16-10-13-14(20-5)17-15-19(13)8-9-21-15/h8-9,11-12,16H,6-7,10H2,1-5H3. The molecule has 0 aliphatic carbocycles. The first-order valence-electron chi connectivity index (χ1n) is 7.49. The molecule has 21 heavy (non-hydrogen) atoms. The Labute approximate surface area is 130 Å². The minimum absolute atomic E-state index is 0.569. The van der Waals surface area contributed by atoms with Crippen molar-refractivity contribution >= 4 is 16.3 Å². The van der Waals surface area contributed by atoms with Gasteiger partial charge in [-0.3, -0.25) is 9.30 Å². The van der Waals surface area contributed by atoms with Crippen molar-refractivity contribution < 1.29 is 4.74 Å². The average molecular weight is 310 g/mol. The van der Waals surface area contributed by atoms with Gasteiger partial charge in [-0.25, -0.2) is 0 Å². The van der Waals surface area contributed by atoms with Gasteiger partial charge in [0.15, 0.2) is 4.96 Å². The summed E-state index contributed by atoms with van der Waals surface area (Å²) in [7, 11) is 1.68. The Balaban J connectivity index is 1.91. The van der Waals surface area contributed by atoms with Gasteiger partial charge >= 0.3 is 0 Å². The van der Waals surface area contributed by atoms with Crippen LogP contribution in [0.5, 0.6) is 5.88 Å². The van der Waals surface area contributed by atoms with E-state index in [-0.39, 0.29) is 0 Å². The Kier molecular flexibility index (Phi) is 5.61. The number of aromatic nitrogens is 2. The lowest BCUT2D eigenvalue weighted by molar-refractivity contribution is 0.175. The summed E-state index contributed by atoms with van der Waals surface area (Å²) in [5, 5.41) is 5.55. The van der Waals surface area contributed by atoms with Crippen molar-refractivity contribution in [1.29, 1.82) is 0 Å². The normalized spacial score (nSPS) is 12.2. The van der Waals surface area contributed by atoms with Gasteiger partial charge in [0.05, 0.1) is 7.11 Å². The van der Waals surface area contributed by atoms with Gasteiger partial charge < -0.3 is 10.1 Å². The fraction of sp³-hybridized carbons (Fsp3) is 0.667. The molecule has 2 aromatic heterocycles.